The largest absolute Gasteiger partial charge is 0.497 e. The van der Waals surface area contributed by atoms with Gasteiger partial charge in [-0.1, -0.05) is 13.8 Å². The number of methoxy groups -OCH3 is 4. The van der Waals surface area contributed by atoms with E-state index in [1.165, 1.54) is 0 Å². The van der Waals surface area contributed by atoms with Crippen LogP contribution in [0.3, 0.4) is 0 Å². The summed E-state index contributed by atoms with van der Waals surface area (Å²) in [5.41, 5.74) is 0.874. The standard InChI is InChI=1S/C17H24N2O4/c1-10(2)14-16(22-5)19-15(17(18-14)23-6)11-7-12(20-3)9-13(8-11)21-4/h7-10,14-15H,1-6H3/t14-,15-/m1/s1. The van der Waals surface area contributed by atoms with Crippen molar-refractivity contribution in [3.05, 3.63) is 23.8 Å². The fraction of sp³-hybridized carbons (Fsp3) is 0.529. The Kier molecular flexibility index (Phi) is 5.47. The maximum absolute atomic E-state index is 5.48. The third-order valence-electron chi connectivity index (χ3n) is 3.75. The molecule has 1 aromatic carbocycles. The van der Waals surface area contributed by atoms with Gasteiger partial charge in [-0.05, 0) is 23.6 Å². The lowest BCUT2D eigenvalue weighted by Gasteiger charge is -2.27. The van der Waals surface area contributed by atoms with Crippen LogP contribution in [0.15, 0.2) is 28.2 Å². The monoisotopic (exact) mass is 320 g/mol. The Labute approximate surface area is 137 Å². The van der Waals surface area contributed by atoms with Gasteiger partial charge in [0.2, 0.25) is 11.8 Å². The van der Waals surface area contributed by atoms with E-state index in [0.29, 0.717) is 23.3 Å². The molecule has 1 aliphatic rings. The third-order valence-corrected chi connectivity index (χ3v) is 3.75. The molecule has 0 saturated carbocycles. The third kappa shape index (κ3) is 3.57. The van der Waals surface area contributed by atoms with E-state index in [2.05, 4.69) is 18.8 Å². The van der Waals surface area contributed by atoms with Gasteiger partial charge in [0.25, 0.3) is 0 Å². The van der Waals surface area contributed by atoms with Gasteiger partial charge < -0.3 is 18.9 Å². The van der Waals surface area contributed by atoms with Gasteiger partial charge in [-0.15, -0.1) is 0 Å². The topological polar surface area (TPSA) is 61.6 Å². The van der Waals surface area contributed by atoms with Crippen molar-refractivity contribution < 1.29 is 18.9 Å². The van der Waals surface area contributed by atoms with Crippen LogP contribution in [0.5, 0.6) is 11.5 Å². The van der Waals surface area contributed by atoms with Crippen molar-refractivity contribution in [2.24, 2.45) is 15.9 Å². The molecule has 1 heterocycles. The van der Waals surface area contributed by atoms with E-state index in [9.17, 15) is 0 Å². The summed E-state index contributed by atoms with van der Waals surface area (Å²) in [5.74, 6) is 2.80. The Morgan fingerprint density at radius 3 is 1.78 bits per heavy atom. The number of ether oxygens (including phenoxy) is 4. The highest BCUT2D eigenvalue weighted by atomic mass is 16.5. The molecule has 0 spiro atoms. The van der Waals surface area contributed by atoms with Crippen LogP contribution in [0.25, 0.3) is 0 Å². The molecular weight excluding hydrogens is 296 g/mol. The first-order valence-electron chi connectivity index (χ1n) is 7.50. The zero-order valence-electron chi connectivity index (χ0n) is 14.5. The van der Waals surface area contributed by atoms with Gasteiger partial charge in [0.05, 0.1) is 28.4 Å². The summed E-state index contributed by atoms with van der Waals surface area (Å²) in [7, 11) is 6.45. The Balaban J connectivity index is 2.49. The highest BCUT2D eigenvalue weighted by Gasteiger charge is 2.32. The Morgan fingerprint density at radius 1 is 0.783 bits per heavy atom. The van der Waals surface area contributed by atoms with E-state index in [4.69, 9.17) is 23.9 Å². The maximum atomic E-state index is 5.48. The average Bonchev–Trinajstić information content (AvgIpc) is 2.59. The molecule has 6 heteroatoms. The quantitative estimate of drug-likeness (QED) is 0.856. The summed E-state index contributed by atoms with van der Waals surface area (Å²) in [6.07, 6.45) is 0. The molecule has 0 bridgehead atoms. The zero-order valence-corrected chi connectivity index (χ0v) is 14.5. The highest BCUT2D eigenvalue weighted by molar-refractivity contribution is 5.94. The molecule has 0 aliphatic carbocycles. The fourth-order valence-electron chi connectivity index (χ4n) is 2.50. The van der Waals surface area contributed by atoms with Gasteiger partial charge in [-0.25, -0.2) is 9.98 Å². The van der Waals surface area contributed by atoms with Crippen molar-refractivity contribution in [2.45, 2.75) is 25.9 Å². The number of hydrogen-bond donors (Lipinski definition) is 0. The molecule has 0 fully saturated rings. The molecule has 0 N–H and O–H groups in total. The van der Waals surface area contributed by atoms with Gasteiger partial charge in [-0.2, -0.15) is 0 Å². The predicted molar refractivity (Wildman–Crippen MR) is 89.8 cm³/mol. The van der Waals surface area contributed by atoms with Crippen LogP contribution in [0, 0.1) is 5.92 Å². The normalized spacial score (nSPS) is 20.7. The Hall–Kier alpha value is -2.24. The Morgan fingerprint density at radius 2 is 1.35 bits per heavy atom. The molecule has 2 rings (SSSR count). The second-order valence-corrected chi connectivity index (χ2v) is 5.58. The molecule has 1 aliphatic heterocycles. The van der Waals surface area contributed by atoms with Crippen molar-refractivity contribution in [2.75, 3.05) is 28.4 Å². The van der Waals surface area contributed by atoms with Crippen molar-refractivity contribution in [3.8, 4) is 11.5 Å². The van der Waals surface area contributed by atoms with Crippen molar-refractivity contribution in [1.82, 2.24) is 0 Å². The first-order chi connectivity index (χ1) is 11.0. The molecule has 0 radical (unpaired) electrons. The lowest BCUT2D eigenvalue weighted by molar-refractivity contribution is 0.333. The minimum Gasteiger partial charge on any atom is -0.497 e. The van der Waals surface area contributed by atoms with E-state index in [1.807, 2.05) is 18.2 Å². The van der Waals surface area contributed by atoms with E-state index >= 15 is 0 Å². The molecule has 0 aromatic heterocycles. The van der Waals surface area contributed by atoms with E-state index in [0.717, 1.165) is 5.56 Å². The maximum Gasteiger partial charge on any atom is 0.214 e. The van der Waals surface area contributed by atoms with Crippen LogP contribution in [0.1, 0.15) is 25.5 Å². The van der Waals surface area contributed by atoms with E-state index < -0.39 is 0 Å². The lowest BCUT2D eigenvalue weighted by Crippen LogP contribution is -2.34. The lowest BCUT2D eigenvalue weighted by atomic mass is 10.00. The first kappa shape index (κ1) is 17.1. The summed E-state index contributed by atoms with van der Waals surface area (Å²) in [6.45, 7) is 4.15. The van der Waals surface area contributed by atoms with Gasteiger partial charge in [-0.3, -0.25) is 0 Å². The van der Waals surface area contributed by atoms with Crippen LogP contribution < -0.4 is 9.47 Å². The molecule has 2 atom stereocenters. The fourth-order valence-corrected chi connectivity index (χ4v) is 2.50. The molecule has 23 heavy (non-hydrogen) atoms. The molecule has 6 nitrogen and oxygen atoms in total. The average molecular weight is 320 g/mol. The van der Waals surface area contributed by atoms with Gasteiger partial charge in [0.1, 0.15) is 17.5 Å². The number of nitrogens with zero attached hydrogens (tertiary/aromatic N) is 2. The zero-order chi connectivity index (χ0) is 17.0. The number of hydrogen-bond acceptors (Lipinski definition) is 6. The minimum absolute atomic E-state index is 0.140. The van der Waals surface area contributed by atoms with Crippen LogP contribution in [0.2, 0.25) is 0 Å². The SMILES string of the molecule is COC1=N[C@H](C(C)C)C(OC)=N[C@@H]1c1cc(OC)cc(OC)c1. The molecule has 126 valence electrons. The minimum atomic E-state index is -0.381. The smallest absolute Gasteiger partial charge is 0.214 e. The molecule has 0 amide bonds. The summed E-state index contributed by atoms with van der Waals surface area (Å²) >= 11 is 0. The van der Waals surface area contributed by atoms with E-state index in [1.54, 1.807) is 28.4 Å². The van der Waals surface area contributed by atoms with Gasteiger partial charge in [0.15, 0.2) is 6.04 Å². The molecule has 0 saturated heterocycles. The second kappa shape index (κ2) is 7.35. The molecular formula is C17H24N2O4. The predicted octanol–water partition coefficient (Wildman–Crippen LogP) is 2.87. The second-order valence-electron chi connectivity index (χ2n) is 5.58. The first-order valence-corrected chi connectivity index (χ1v) is 7.50. The van der Waals surface area contributed by atoms with Crippen LogP contribution >= 0.6 is 0 Å². The summed E-state index contributed by atoms with van der Waals surface area (Å²) in [5, 5.41) is 0. The number of benzene rings is 1. The van der Waals surface area contributed by atoms with Crippen LogP contribution in [-0.4, -0.2) is 46.3 Å². The van der Waals surface area contributed by atoms with Crippen LogP contribution in [0.4, 0.5) is 0 Å². The number of rotatable bonds is 4. The number of aliphatic imine (C=N–C) groups is 2. The summed E-state index contributed by atoms with van der Waals surface area (Å²) in [6, 6.07) is 5.09. The van der Waals surface area contributed by atoms with Crippen molar-refractivity contribution in [3.63, 3.8) is 0 Å². The van der Waals surface area contributed by atoms with Gasteiger partial charge >= 0.3 is 0 Å². The van der Waals surface area contributed by atoms with E-state index in [-0.39, 0.29) is 18.0 Å². The molecule has 1 aromatic rings. The summed E-state index contributed by atoms with van der Waals surface area (Å²) in [4.78, 5) is 9.38. The summed E-state index contributed by atoms with van der Waals surface area (Å²) < 4.78 is 21.6. The Bertz CT molecular complexity index is 588. The van der Waals surface area contributed by atoms with Crippen LogP contribution in [-0.2, 0) is 9.47 Å². The van der Waals surface area contributed by atoms with Crippen molar-refractivity contribution >= 4 is 11.8 Å². The van der Waals surface area contributed by atoms with Crippen molar-refractivity contribution in [1.29, 1.82) is 0 Å². The molecule has 0 unspecified atom stereocenters. The van der Waals surface area contributed by atoms with Gasteiger partial charge in [0, 0.05) is 6.07 Å². The highest BCUT2D eigenvalue weighted by Crippen LogP contribution is 2.32.